The van der Waals surface area contributed by atoms with Crippen LogP contribution in [0.25, 0.3) is 0 Å². The Morgan fingerprint density at radius 3 is 2.29 bits per heavy atom. The van der Waals surface area contributed by atoms with Gasteiger partial charge in [0.15, 0.2) is 0 Å². The van der Waals surface area contributed by atoms with E-state index < -0.39 is 11.7 Å². The lowest BCUT2D eigenvalue weighted by Gasteiger charge is -2.18. The van der Waals surface area contributed by atoms with Crippen molar-refractivity contribution in [1.29, 1.82) is 0 Å². The minimum absolute atomic E-state index is 0.283. The molecule has 0 saturated carbocycles. The summed E-state index contributed by atoms with van der Waals surface area (Å²) >= 11 is 0. The van der Waals surface area contributed by atoms with Crippen LogP contribution in [0.1, 0.15) is 43.9 Å². The maximum absolute atomic E-state index is 13.0. The SMILES string of the molecule is C=C/C=N\C(CNc1cc(C(F)(F)F)cc(C)c1C=NC)NC.CCC(C)C. The molecule has 0 fully saturated rings. The van der Waals surface area contributed by atoms with E-state index in [2.05, 4.69) is 48.0 Å². The van der Waals surface area contributed by atoms with Crippen LogP contribution >= 0.6 is 0 Å². The van der Waals surface area contributed by atoms with Crippen LogP contribution < -0.4 is 10.6 Å². The molecule has 1 aromatic rings. The van der Waals surface area contributed by atoms with Crippen molar-refractivity contribution < 1.29 is 13.2 Å². The molecule has 1 atom stereocenters. The summed E-state index contributed by atoms with van der Waals surface area (Å²) in [6.45, 7) is 12.1. The number of alkyl halides is 3. The van der Waals surface area contributed by atoms with Crippen LogP contribution in [0, 0.1) is 12.8 Å². The normalized spacial score (nSPS) is 12.9. The fourth-order valence-corrected chi connectivity index (χ4v) is 2.01. The molecule has 0 spiro atoms. The van der Waals surface area contributed by atoms with Gasteiger partial charge in [0.2, 0.25) is 0 Å². The molecule has 0 heterocycles. The first-order valence-corrected chi connectivity index (χ1v) is 9.29. The summed E-state index contributed by atoms with van der Waals surface area (Å²) in [5.41, 5.74) is 0.810. The van der Waals surface area contributed by atoms with Crippen molar-refractivity contribution in [2.45, 2.75) is 46.5 Å². The predicted octanol–water partition coefficient (Wildman–Crippen LogP) is 5.33. The standard InChI is InChI=1S/C16H21F3N4.C5H12/c1-5-6-22-15(21-4)10-23-14-8-12(16(17,18)19)7-11(2)13(14)9-20-3;1-4-5(2)3/h5-9,15,21,23H,1,10H2,2-4H3;5H,4H2,1-3H3/b20-9?,22-6-;. The van der Waals surface area contributed by atoms with Crippen LogP contribution in [0.15, 0.2) is 34.8 Å². The number of hydrogen-bond acceptors (Lipinski definition) is 4. The number of halogens is 3. The van der Waals surface area contributed by atoms with Gasteiger partial charge in [-0.05, 0) is 37.6 Å². The van der Waals surface area contributed by atoms with Gasteiger partial charge in [0.1, 0.15) is 6.17 Å². The lowest BCUT2D eigenvalue weighted by molar-refractivity contribution is -0.137. The Kier molecular flexibility index (Phi) is 12.1. The molecule has 28 heavy (non-hydrogen) atoms. The summed E-state index contributed by atoms with van der Waals surface area (Å²) < 4.78 is 39.0. The monoisotopic (exact) mass is 398 g/mol. The second kappa shape index (κ2) is 13.1. The average molecular weight is 399 g/mol. The highest BCUT2D eigenvalue weighted by Crippen LogP contribution is 2.33. The largest absolute Gasteiger partial charge is 0.416 e. The van der Waals surface area contributed by atoms with Crippen molar-refractivity contribution in [2.24, 2.45) is 15.9 Å². The Labute approximate surface area is 167 Å². The highest BCUT2D eigenvalue weighted by atomic mass is 19.4. The van der Waals surface area contributed by atoms with E-state index >= 15 is 0 Å². The van der Waals surface area contributed by atoms with Crippen molar-refractivity contribution in [1.82, 2.24) is 5.32 Å². The van der Waals surface area contributed by atoms with Crippen molar-refractivity contribution in [3.8, 4) is 0 Å². The first-order valence-electron chi connectivity index (χ1n) is 9.29. The van der Waals surface area contributed by atoms with Crippen LogP contribution in [0.3, 0.4) is 0 Å². The molecule has 0 radical (unpaired) electrons. The highest BCUT2D eigenvalue weighted by Gasteiger charge is 2.31. The van der Waals surface area contributed by atoms with Gasteiger partial charge < -0.3 is 5.32 Å². The average Bonchev–Trinajstić information content (AvgIpc) is 2.63. The maximum atomic E-state index is 13.0. The van der Waals surface area contributed by atoms with E-state index in [0.717, 1.165) is 18.1 Å². The summed E-state index contributed by atoms with van der Waals surface area (Å²) in [5, 5.41) is 5.96. The minimum Gasteiger partial charge on any atom is -0.381 e. The Morgan fingerprint density at radius 1 is 1.25 bits per heavy atom. The van der Waals surface area contributed by atoms with Gasteiger partial charge in [0, 0.05) is 30.7 Å². The molecule has 0 aliphatic carbocycles. The smallest absolute Gasteiger partial charge is 0.381 e. The van der Waals surface area contributed by atoms with Gasteiger partial charge in [-0.1, -0.05) is 39.8 Å². The Balaban J connectivity index is 0.00000129. The number of nitrogens with one attached hydrogen (secondary N) is 2. The number of allylic oxidation sites excluding steroid dienone is 1. The predicted molar refractivity (Wildman–Crippen MR) is 115 cm³/mol. The number of aliphatic imine (C=N–C) groups is 2. The Hall–Kier alpha value is -2.15. The van der Waals surface area contributed by atoms with Gasteiger partial charge in [-0.25, -0.2) is 0 Å². The number of rotatable bonds is 8. The summed E-state index contributed by atoms with van der Waals surface area (Å²) in [6, 6.07) is 2.21. The second-order valence-corrected chi connectivity index (χ2v) is 6.66. The molecule has 0 saturated heterocycles. The Morgan fingerprint density at radius 2 is 1.86 bits per heavy atom. The molecular weight excluding hydrogens is 365 g/mol. The number of aryl methyl sites for hydroxylation is 1. The molecular formula is C21H33F3N4. The number of nitrogens with zero attached hydrogens (tertiary/aromatic N) is 2. The first kappa shape index (κ1) is 25.9. The molecule has 4 nitrogen and oxygen atoms in total. The van der Waals surface area contributed by atoms with Crippen LogP contribution in [-0.2, 0) is 6.18 Å². The van der Waals surface area contributed by atoms with Gasteiger partial charge in [0.05, 0.1) is 12.1 Å². The van der Waals surface area contributed by atoms with Gasteiger partial charge in [-0.3, -0.25) is 15.3 Å². The van der Waals surface area contributed by atoms with Crippen LogP contribution in [0.4, 0.5) is 18.9 Å². The second-order valence-electron chi connectivity index (χ2n) is 6.66. The van der Waals surface area contributed by atoms with E-state index in [1.807, 2.05) is 0 Å². The van der Waals surface area contributed by atoms with E-state index in [1.54, 1.807) is 27.2 Å². The zero-order valence-electron chi connectivity index (χ0n) is 17.7. The topological polar surface area (TPSA) is 48.8 Å². The zero-order chi connectivity index (χ0) is 21.7. The number of likely N-dealkylation sites (N-methyl/N-ethyl adjacent to an activating group) is 1. The van der Waals surface area contributed by atoms with Crippen molar-refractivity contribution in [3.05, 3.63) is 41.5 Å². The quantitative estimate of drug-likeness (QED) is 0.582. The zero-order valence-corrected chi connectivity index (χ0v) is 17.7. The van der Waals surface area contributed by atoms with Gasteiger partial charge in [-0.15, -0.1) is 0 Å². The molecule has 158 valence electrons. The van der Waals surface area contributed by atoms with Crippen LogP contribution in [0.2, 0.25) is 0 Å². The van der Waals surface area contributed by atoms with E-state index in [-0.39, 0.29) is 6.17 Å². The molecule has 0 aliphatic heterocycles. The number of benzene rings is 1. The van der Waals surface area contributed by atoms with Crippen molar-refractivity contribution in [2.75, 3.05) is 26.0 Å². The summed E-state index contributed by atoms with van der Waals surface area (Å²) in [6.07, 6.45) is 1.24. The molecule has 0 amide bonds. The first-order chi connectivity index (χ1) is 13.1. The third-order valence-electron chi connectivity index (χ3n) is 3.98. The fraction of sp³-hybridized carbons (Fsp3) is 0.524. The van der Waals surface area contributed by atoms with E-state index in [4.69, 9.17) is 0 Å². The molecule has 7 heteroatoms. The van der Waals surface area contributed by atoms with Crippen molar-refractivity contribution >= 4 is 18.1 Å². The number of anilines is 1. The highest BCUT2D eigenvalue weighted by molar-refractivity contribution is 5.90. The van der Waals surface area contributed by atoms with Gasteiger partial charge in [-0.2, -0.15) is 13.2 Å². The molecule has 2 N–H and O–H groups in total. The molecule has 0 aliphatic rings. The summed E-state index contributed by atoms with van der Waals surface area (Å²) in [7, 11) is 3.30. The number of hydrogen-bond donors (Lipinski definition) is 2. The van der Waals surface area contributed by atoms with Crippen LogP contribution in [0.5, 0.6) is 0 Å². The Bertz CT molecular complexity index is 650. The summed E-state index contributed by atoms with van der Waals surface area (Å²) in [4.78, 5) is 8.08. The van der Waals surface area contributed by atoms with Crippen molar-refractivity contribution in [3.63, 3.8) is 0 Å². The lowest BCUT2D eigenvalue weighted by atomic mass is 10.0. The van der Waals surface area contributed by atoms with Gasteiger partial charge >= 0.3 is 6.18 Å². The molecule has 1 unspecified atom stereocenters. The summed E-state index contributed by atoms with van der Waals surface area (Å²) in [5.74, 6) is 0.884. The van der Waals surface area contributed by atoms with Gasteiger partial charge in [0.25, 0.3) is 0 Å². The van der Waals surface area contributed by atoms with E-state index in [0.29, 0.717) is 23.4 Å². The third kappa shape index (κ3) is 9.69. The molecule has 1 rings (SSSR count). The molecule has 0 bridgehead atoms. The third-order valence-corrected chi connectivity index (χ3v) is 3.98. The maximum Gasteiger partial charge on any atom is 0.416 e. The van der Waals surface area contributed by atoms with E-state index in [1.165, 1.54) is 18.7 Å². The lowest BCUT2D eigenvalue weighted by Crippen LogP contribution is -2.31. The molecule has 1 aromatic carbocycles. The van der Waals surface area contributed by atoms with Crippen LogP contribution in [-0.4, -0.2) is 39.2 Å². The molecule has 0 aromatic heterocycles. The minimum atomic E-state index is -4.40. The fourth-order valence-electron chi connectivity index (χ4n) is 2.01. The van der Waals surface area contributed by atoms with E-state index in [9.17, 15) is 13.2 Å².